The molecule has 1 atom stereocenters. The van der Waals surface area contributed by atoms with Gasteiger partial charge in [-0.05, 0) is 55.8 Å². The van der Waals surface area contributed by atoms with Crippen molar-refractivity contribution in [3.05, 3.63) is 58.6 Å². The van der Waals surface area contributed by atoms with Crippen LogP contribution < -0.4 is 10.1 Å². The second-order valence-electron chi connectivity index (χ2n) is 5.20. The monoisotopic (exact) mass is 427 g/mol. The lowest BCUT2D eigenvalue weighted by molar-refractivity contribution is 0.214. The third-order valence-corrected chi connectivity index (χ3v) is 6.34. The first-order chi connectivity index (χ1) is 12.0. The Morgan fingerprint density at radius 1 is 1.00 bits per heavy atom. The van der Waals surface area contributed by atoms with Gasteiger partial charge in [0, 0.05) is 10.2 Å². The summed E-state index contributed by atoms with van der Waals surface area (Å²) in [6.45, 7) is 4.20. The minimum absolute atomic E-state index is 0.298. The first-order valence-corrected chi connectivity index (χ1v) is 10.5. The fourth-order valence-electron chi connectivity index (χ4n) is 2.38. The molecule has 0 aliphatic heterocycles. The number of hydrogen-bond donors (Lipinski definition) is 1. The zero-order chi connectivity index (χ0) is 18.3. The van der Waals surface area contributed by atoms with Crippen LogP contribution in [0.2, 0.25) is 0 Å². The van der Waals surface area contributed by atoms with E-state index in [0.717, 1.165) is 21.5 Å². The van der Waals surface area contributed by atoms with Crippen LogP contribution in [0.4, 0.5) is 5.69 Å². The summed E-state index contributed by atoms with van der Waals surface area (Å²) in [6.07, 6.45) is 0. The number of benzene rings is 2. The fourth-order valence-corrected chi connectivity index (χ4v) is 4.58. The Kier molecular flexibility index (Phi) is 7.51. The molecule has 0 heterocycles. The molecule has 2 aromatic carbocycles. The van der Waals surface area contributed by atoms with Crippen molar-refractivity contribution < 1.29 is 18.3 Å². The highest BCUT2D eigenvalue weighted by molar-refractivity contribution is 9.10. The van der Waals surface area contributed by atoms with Crippen LogP contribution in [0.3, 0.4) is 0 Å². The average molecular weight is 428 g/mol. The third kappa shape index (κ3) is 5.32. The number of ether oxygens (including phenoxy) is 1. The van der Waals surface area contributed by atoms with E-state index in [2.05, 4.69) is 21.2 Å². The van der Waals surface area contributed by atoms with Crippen molar-refractivity contribution >= 4 is 29.2 Å². The molecule has 0 aliphatic rings. The standard InChI is InChI=1S/C18H23BrNO4P/c1-4-23-25(21,24-5-2)18(14-6-12-17(22-3)13-7-14)20-16-10-8-15(19)9-11-16/h6-13,18,20H,4-5H2,1-3H3. The number of hydrogen-bond acceptors (Lipinski definition) is 5. The summed E-state index contributed by atoms with van der Waals surface area (Å²) in [4.78, 5) is 0. The predicted octanol–water partition coefficient (Wildman–Crippen LogP) is 5.83. The lowest BCUT2D eigenvalue weighted by Crippen LogP contribution is -2.15. The van der Waals surface area contributed by atoms with Crippen LogP contribution in [0.25, 0.3) is 0 Å². The van der Waals surface area contributed by atoms with E-state index >= 15 is 0 Å². The molecule has 25 heavy (non-hydrogen) atoms. The van der Waals surface area contributed by atoms with Crippen molar-refractivity contribution in [1.82, 2.24) is 0 Å². The molecule has 136 valence electrons. The summed E-state index contributed by atoms with van der Waals surface area (Å²) in [6, 6.07) is 15.0. The number of halogens is 1. The van der Waals surface area contributed by atoms with Crippen molar-refractivity contribution in [2.75, 3.05) is 25.6 Å². The van der Waals surface area contributed by atoms with Gasteiger partial charge in [-0.2, -0.15) is 0 Å². The summed E-state index contributed by atoms with van der Waals surface area (Å²) in [5.74, 6) is 0.105. The van der Waals surface area contributed by atoms with Crippen molar-refractivity contribution in [3.8, 4) is 5.75 Å². The van der Waals surface area contributed by atoms with Crippen molar-refractivity contribution in [2.24, 2.45) is 0 Å². The molecule has 1 unspecified atom stereocenters. The number of anilines is 1. The maximum Gasteiger partial charge on any atom is 0.357 e. The van der Waals surface area contributed by atoms with E-state index in [1.807, 2.05) is 48.5 Å². The molecule has 0 radical (unpaired) electrons. The summed E-state index contributed by atoms with van der Waals surface area (Å²) in [7, 11) is -1.81. The van der Waals surface area contributed by atoms with Crippen LogP contribution in [-0.2, 0) is 13.6 Å². The molecule has 0 saturated heterocycles. The summed E-state index contributed by atoms with van der Waals surface area (Å²) in [5, 5.41) is 3.30. The van der Waals surface area contributed by atoms with E-state index in [0.29, 0.717) is 13.2 Å². The van der Waals surface area contributed by atoms with Crippen LogP contribution in [0, 0.1) is 0 Å². The van der Waals surface area contributed by atoms with Crippen molar-refractivity contribution in [1.29, 1.82) is 0 Å². The molecule has 0 fully saturated rings. The number of methoxy groups -OCH3 is 1. The molecule has 1 N–H and O–H groups in total. The van der Waals surface area contributed by atoms with Crippen LogP contribution in [0.15, 0.2) is 53.0 Å². The zero-order valence-electron chi connectivity index (χ0n) is 14.6. The summed E-state index contributed by atoms with van der Waals surface area (Å²) >= 11 is 3.42. The average Bonchev–Trinajstić information content (AvgIpc) is 2.62. The lowest BCUT2D eigenvalue weighted by atomic mass is 10.2. The van der Waals surface area contributed by atoms with Gasteiger partial charge in [0.05, 0.1) is 20.3 Å². The van der Waals surface area contributed by atoms with Gasteiger partial charge in [0.25, 0.3) is 0 Å². The number of rotatable bonds is 9. The molecule has 0 saturated carbocycles. The highest BCUT2D eigenvalue weighted by Gasteiger charge is 2.37. The molecule has 0 aliphatic carbocycles. The Morgan fingerprint density at radius 3 is 2.04 bits per heavy atom. The molecule has 2 aromatic rings. The Hall–Kier alpha value is -1.33. The van der Waals surface area contributed by atoms with Gasteiger partial charge in [0.1, 0.15) is 5.75 Å². The van der Waals surface area contributed by atoms with E-state index in [1.165, 1.54) is 0 Å². The van der Waals surface area contributed by atoms with Crippen LogP contribution >= 0.6 is 23.5 Å². The molecule has 0 amide bonds. The quantitative estimate of drug-likeness (QED) is 0.509. The topological polar surface area (TPSA) is 56.8 Å². The Labute approximate surface area is 157 Å². The van der Waals surface area contributed by atoms with Gasteiger partial charge in [-0.25, -0.2) is 0 Å². The van der Waals surface area contributed by atoms with E-state index in [4.69, 9.17) is 13.8 Å². The Morgan fingerprint density at radius 2 is 1.56 bits per heavy atom. The van der Waals surface area contributed by atoms with Crippen LogP contribution in [0.5, 0.6) is 5.75 Å². The van der Waals surface area contributed by atoms with Gasteiger partial charge in [0.15, 0.2) is 5.78 Å². The van der Waals surface area contributed by atoms with E-state index in [1.54, 1.807) is 21.0 Å². The first-order valence-electron chi connectivity index (χ1n) is 8.07. The fraction of sp³-hybridized carbons (Fsp3) is 0.333. The highest BCUT2D eigenvalue weighted by atomic mass is 79.9. The van der Waals surface area contributed by atoms with Gasteiger partial charge in [0.2, 0.25) is 0 Å². The Bertz CT molecular complexity index is 696. The van der Waals surface area contributed by atoms with Gasteiger partial charge >= 0.3 is 7.60 Å². The molecule has 5 nitrogen and oxygen atoms in total. The van der Waals surface area contributed by atoms with Crippen LogP contribution in [-0.4, -0.2) is 20.3 Å². The van der Waals surface area contributed by atoms with Crippen LogP contribution in [0.1, 0.15) is 25.2 Å². The normalized spacial score (nSPS) is 12.6. The van der Waals surface area contributed by atoms with E-state index in [-0.39, 0.29) is 0 Å². The molecule has 7 heteroatoms. The second-order valence-corrected chi connectivity index (χ2v) is 8.23. The smallest absolute Gasteiger partial charge is 0.357 e. The van der Waals surface area contributed by atoms with Gasteiger partial charge in [-0.1, -0.05) is 28.1 Å². The van der Waals surface area contributed by atoms with Crippen molar-refractivity contribution in [3.63, 3.8) is 0 Å². The van der Waals surface area contributed by atoms with Crippen molar-refractivity contribution in [2.45, 2.75) is 19.6 Å². The highest BCUT2D eigenvalue weighted by Crippen LogP contribution is 2.60. The lowest BCUT2D eigenvalue weighted by Gasteiger charge is -2.28. The predicted molar refractivity (Wildman–Crippen MR) is 104 cm³/mol. The Balaban J connectivity index is 2.41. The third-order valence-electron chi connectivity index (χ3n) is 3.51. The first kappa shape index (κ1) is 20.0. The van der Waals surface area contributed by atoms with Gasteiger partial charge in [-0.3, -0.25) is 4.57 Å². The summed E-state index contributed by atoms with van der Waals surface area (Å²) in [5.41, 5.74) is 1.62. The largest absolute Gasteiger partial charge is 0.497 e. The molecule has 0 spiro atoms. The zero-order valence-corrected chi connectivity index (χ0v) is 17.0. The van der Waals surface area contributed by atoms with Gasteiger partial charge in [-0.15, -0.1) is 0 Å². The molecule has 2 rings (SSSR count). The maximum absolute atomic E-state index is 13.4. The minimum Gasteiger partial charge on any atom is -0.497 e. The molecule has 0 bridgehead atoms. The second kappa shape index (κ2) is 9.39. The minimum atomic E-state index is -3.42. The molecular formula is C18H23BrNO4P. The SMILES string of the molecule is CCOP(=O)(OCC)C(Nc1ccc(Br)cc1)c1ccc(OC)cc1. The number of nitrogens with one attached hydrogen (secondary N) is 1. The van der Waals surface area contributed by atoms with Gasteiger partial charge < -0.3 is 19.1 Å². The van der Waals surface area contributed by atoms with E-state index < -0.39 is 13.4 Å². The molecular weight excluding hydrogens is 405 g/mol. The molecule has 0 aromatic heterocycles. The van der Waals surface area contributed by atoms with E-state index in [9.17, 15) is 4.57 Å². The summed E-state index contributed by atoms with van der Waals surface area (Å²) < 4.78 is 30.7. The maximum atomic E-state index is 13.4.